The Morgan fingerprint density at radius 1 is 1.13 bits per heavy atom. The number of nitrogens with zero attached hydrogens (tertiary/aromatic N) is 1. The first-order chi connectivity index (χ1) is 10.9. The second kappa shape index (κ2) is 7.23. The molecule has 0 aliphatic carbocycles. The molecule has 2 rings (SSSR count). The van der Waals surface area contributed by atoms with E-state index in [1.165, 1.54) is 18.6 Å². The summed E-state index contributed by atoms with van der Waals surface area (Å²) >= 11 is 0. The van der Waals surface area contributed by atoms with E-state index in [9.17, 15) is 9.90 Å². The van der Waals surface area contributed by atoms with Crippen molar-refractivity contribution in [2.24, 2.45) is 0 Å². The summed E-state index contributed by atoms with van der Waals surface area (Å²) in [6, 6.07) is 16.3. The summed E-state index contributed by atoms with van der Waals surface area (Å²) in [5.74, 6) is -0.0403. The number of rotatable bonds is 6. The minimum atomic E-state index is -0.186. The molecule has 1 aromatic carbocycles. The monoisotopic (exact) mass is 309 g/mol. The molecule has 0 unspecified atom stereocenters. The van der Waals surface area contributed by atoms with Gasteiger partial charge in [0.1, 0.15) is 0 Å². The molecule has 0 saturated heterocycles. The van der Waals surface area contributed by atoms with E-state index in [-0.39, 0.29) is 17.0 Å². The highest BCUT2D eigenvalue weighted by Gasteiger charge is 2.24. The van der Waals surface area contributed by atoms with Gasteiger partial charge in [-0.1, -0.05) is 50.2 Å². The Bertz CT molecular complexity index is 703. The van der Waals surface area contributed by atoms with Crippen LogP contribution < -0.4 is 0 Å². The Balaban J connectivity index is 2.18. The first-order valence-corrected chi connectivity index (χ1v) is 7.81. The number of allylic oxidation sites excluding steroid dienone is 2. The maximum Gasteiger partial charge on any atom is 0.155 e. The molecule has 120 valence electrons. The van der Waals surface area contributed by atoms with Crippen LogP contribution in [0.1, 0.15) is 44.1 Å². The van der Waals surface area contributed by atoms with Gasteiger partial charge in [0.2, 0.25) is 0 Å². The third-order valence-corrected chi connectivity index (χ3v) is 3.95. The van der Waals surface area contributed by atoms with E-state index >= 15 is 0 Å². The fourth-order valence-electron chi connectivity index (χ4n) is 2.53. The molecular formula is C20H23NO2. The molecule has 1 aromatic heterocycles. The minimum absolute atomic E-state index is 0.104. The number of pyridine rings is 1. The summed E-state index contributed by atoms with van der Waals surface area (Å²) in [5, 5.41) is 9.70. The molecule has 0 amide bonds. The van der Waals surface area contributed by atoms with Gasteiger partial charge in [0.25, 0.3) is 0 Å². The zero-order valence-corrected chi connectivity index (χ0v) is 13.9. The molecule has 0 fully saturated rings. The van der Waals surface area contributed by atoms with Crippen LogP contribution in [0.5, 0.6) is 0 Å². The van der Waals surface area contributed by atoms with Gasteiger partial charge in [-0.15, -0.1) is 0 Å². The summed E-state index contributed by atoms with van der Waals surface area (Å²) in [6.07, 6.45) is 2.29. The van der Waals surface area contributed by atoms with Crippen LogP contribution in [0, 0.1) is 0 Å². The van der Waals surface area contributed by atoms with E-state index in [0.717, 1.165) is 11.4 Å². The number of benzene rings is 1. The second-order valence-electron chi connectivity index (χ2n) is 6.25. The van der Waals surface area contributed by atoms with Crippen LogP contribution in [0.4, 0.5) is 0 Å². The third-order valence-electron chi connectivity index (χ3n) is 3.95. The number of hydrogen-bond acceptors (Lipinski definition) is 3. The molecule has 0 spiro atoms. The predicted molar refractivity (Wildman–Crippen MR) is 92.5 cm³/mol. The number of aliphatic hydroxyl groups excluding tert-OH is 1. The molecule has 3 nitrogen and oxygen atoms in total. The molecule has 0 atom stereocenters. The van der Waals surface area contributed by atoms with Gasteiger partial charge in [-0.25, -0.2) is 0 Å². The van der Waals surface area contributed by atoms with Crippen LogP contribution in [0.3, 0.4) is 0 Å². The summed E-state index contributed by atoms with van der Waals surface area (Å²) < 4.78 is 0. The van der Waals surface area contributed by atoms with Gasteiger partial charge in [0.15, 0.2) is 5.78 Å². The Kier molecular flexibility index (Phi) is 5.32. The molecule has 3 heteroatoms. The molecule has 23 heavy (non-hydrogen) atoms. The lowest BCUT2D eigenvalue weighted by molar-refractivity contribution is -0.112. The fourth-order valence-corrected chi connectivity index (χ4v) is 2.53. The number of aromatic nitrogens is 1. The molecule has 0 saturated carbocycles. The number of hydrogen-bond donors (Lipinski definition) is 1. The maximum atomic E-state index is 11.0. The minimum Gasteiger partial charge on any atom is -0.512 e. The van der Waals surface area contributed by atoms with Crippen LogP contribution >= 0.6 is 0 Å². The van der Waals surface area contributed by atoms with Crippen molar-refractivity contribution in [3.63, 3.8) is 0 Å². The van der Waals surface area contributed by atoms with E-state index in [0.29, 0.717) is 12.8 Å². The summed E-state index contributed by atoms with van der Waals surface area (Å²) in [7, 11) is 0. The summed E-state index contributed by atoms with van der Waals surface area (Å²) in [5.41, 5.74) is 2.93. The third kappa shape index (κ3) is 4.52. The Hall–Kier alpha value is -2.42. The van der Waals surface area contributed by atoms with Crippen LogP contribution in [0.25, 0.3) is 0 Å². The number of carbonyl (C=O) groups is 1. The molecule has 2 aromatic rings. The van der Waals surface area contributed by atoms with E-state index in [1.807, 2.05) is 36.4 Å². The van der Waals surface area contributed by atoms with Crippen LogP contribution in [0.15, 0.2) is 60.4 Å². The highest BCUT2D eigenvalue weighted by Crippen LogP contribution is 2.30. The lowest BCUT2D eigenvalue weighted by Crippen LogP contribution is -2.21. The van der Waals surface area contributed by atoms with Gasteiger partial charge in [0.05, 0.1) is 11.5 Å². The zero-order chi connectivity index (χ0) is 16.9. The van der Waals surface area contributed by atoms with E-state index in [1.54, 1.807) is 0 Å². The molecule has 0 radical (unpaired) electrons. The van der Waals surface area contributed by atoms with Crippen molar-refractivity contribution < 1.29 is 9.90 Å². The van der Waals surface area contributed by atoms with Crippen LogP contribution in [-0.2, 0) is 16.6 Å². The number of aliphatic hydroxyl groups is 1. The topological polar surface area (TPSA) is 50.2 Å². The van der Waals surface area contributed by atoms with Crippen molar-refractivity contribution in [2.75, 3.05) is 0 Å². The predicted octanol–water partition coefficient (Wildman–Crippen LogP) is 4.37. The zero-order valence-electron chi connectivity index (χ0n) is 13.9. The number of ketones is 1. The highest BCUT2D eigenvalue weighted by atomic mass is 16.3. The van der Waals surface area contributed by atoms with Gasteiger partial charge in [-0.3, -0.25) is 9.78 Å². The fraction of sp³-hybridized carbons (Fsp3) is 0.300. The van der Waals surface area contributed by atoms with Gasteiger partial charge < -0.3 is 5.11 Å². The Morgan fingerprint density at radius 3 is 2.48 bits per heavy atom. The maximum absolute atomic E-state index is 11.0. The van der Waals surface area contributed by atoms with Crippen LogP contribution in [0.2, 0.25) is 0 Å². The Morgan fingerprint density at radius 2 is 1.83 bits per heavy atom. The van der Waals surface area contributed by atoms with Crippen molar-refractivity contribution in [3.8, 4) is 0 Å². The standard InChI is InChI=1S/C20H23NO2/c1-15(22)14-18(23)13-12-17-10-7-11-19(21-17)20(2,3)16-8-5-4-6-9-16/h4-11,14,23H,12-13H2,1-3H3. The van der Waals surface area contributed by atoms with Crippen LogP contribution in [-0.4, -0.2) is 15.9 Å². The van der Waals surface area contributed by atoms with E-state index in [2.05, 4.69) is 26.0 Å². The van der Waals surface area contributed by atoms with Crippen molar-refractivity contribution in [2.45, 2.75) is 39.0 Å². The summed E-state index contributed by atoms with van der Waals surface area (Å²) in [4.78, 5) is 15.7. The van der Waals surface area contributed by atoms with Gasteiger partial charge in [-0.2, -0.15) is 0 Å². The number of carbonyl (C=O) groups excluding carboxylic acids is 1. The lowest BCUT2D eigenvalue weighted by Gasteiger charge is -2.25. The van der Waals surface area contributed by atoms with Gasteiger partial charge in [-0.05, 0) is 31.0 Å². The van der Waals surface area contributed by atoms with Crippen molar-refractivity contribution in [3.05, 3.63) is 77.3 Å². The van der Waals surface area contributed by atoms with Crippen molar-refractivity contribution in [1.82, 2.24) is 4.98 Å². The molecule has 1 N–H and O–H groups in total. The average molecular weight is 309 g/mol. The largest absolute Gasteiger partial charge is 0.512 e. The molecule has 0 aliphatic heterocycles. The second-order valence-corrected chi connectivity index (χ2v) is 6.25. The SMILES string of the molecule is CC(=O)C=C(O)CCc1cccc(C(C)(C)c2ccccc2)n1. The van der Waals surface area contributed by atoms with Gasteiger partial charge in [0, 0.05) is 23.6 Å². The molecule has 0 aliphatic rings. The van der Waals surface area contributed by atoms with Crippen molar-refractivity contribution >= 4 is 5.78 Å². The van der Waals surface area contributed by atoms with Gasteiger partial charge >= 0.3 is 0 Å². The highest BCUT2D eigenvalue weighted by molar-refractivity contribution is 5.87. The first kappa shape index (κ1) is 16.9. The van der Waals surface area contributed by atoms with Crippen molar-refractivity contribution in [1.29, 1.82) is 0 Å². The quantitative estimate of drug-likeness (QED) is 0.636. The molecule has 1 heterocycles. The average Bonchev–Trinajstić information content (AvgIpc) is 2.53. The normalized spacial score (nSPS) is 12.2. The van der Waals surface area contributed by atoms with E-state index < -0.39 is 0 Å². The summed E-state index contributed by atoms with van der Waals surface area (Å²) in [6.45, 7) is 5.74. The lowest BCUT2D eigenvalue weighted by atomic mass is 9.81. The van der Waals surface area contributed by atoms with E-state index in [4.69, 9.17) is 4.98 Å². The smallest absolute Gasteiger partial charge is 0.155 e. The number of aryl methyl sites for hydroxylation is 1. The first-order valence-electron chi connectivity index (χ1n) is 7.81. The molecular weight excluding hydrogens is 286 g/mol. The molecule has 0 bridgehead atoms. The Labute approximate surface area is 137 Å².